The molecule has 0 aliphatic carbocycles. The second-order valence-electron chi connectivity index (χ2n) is 8.46. The minimum atomic E-state index is 0.637. The molecule has 6 heteroatoms. The van der Waals surface area contributed by atoms with Crippen LogP contribution in [0.5, 0.6) is 0 Å². The number of hydrogen-bond donors (Lipinski definition) is 1. The Hall–Kier alpha value is -2.12. The average molecular weight is 425 g/mol. The molecule has 0 amide bonds. The summed E-state index contributed by atoms with van der Waals surface area (Å²) < 4.78 is 12.2. The van der Waals surface area contributed by atoms with Gasteiger partial charge in [-0.2, -0.15) is 0 Å². The van der Waals surface area contributed by atoms with Crippen molar-refractivity contribution in [3.05, 3.63) is 59.9 Å². The van der Waals surface area contributed by atoms with Crippen molar-refractivity contribution >= 4 is 22.7 Å². The molecule has 2 aliphatic heterocycles. The molecule has 5 nitrogen and oxygen atoms in total. The van der Waals surface area contributed by atoms with Gasteiger partial charge in [0.25, 0.3) is 0 Å². The van der Waals surface area contributed by atoms with Crippen LogP contribution in [0.25, 0.3) is 10.4 Å². The van der Waals surface area contributed by atoms with Gasteiger partial charge in [-0.3, -0.25) is 9.38 Å². The molecule has 2 aromatic heterocycles. The summed E-state index contributed by atoms with van der Waals surface area (Å²) in [5.41, 5.74) is 9.96. The van der Waals surface area contributed by atoms with Gasteiger partial charge in [-0.1, -0.05) is 12.1 Å². The van der Waals surface area contributed by atoms with Crippen molar-refractivity contribution in [3.8, 4) is 10.4 Å². The van der Waals surface area contributed by atoms with Crippen LogP contribution >= 0.6 is 11.3 Å². The smallest absolute Gasteiger partial charge is 0.158 e. The lowest BCUT2D eigenvalue weighted by atomic mass is 9.97. The zero-order valence-electron chi connectivity index (χ0n) is 17.3. The molecule has 0 saturated carbocycles. The molecule has 3 aromatic rings. The predicted octanol–water partition coefficient (Wildman–Crippen LogP) is 4.59. The van der Waals surface area contributed by atoms with E-state index in [-0.39, 0.29) is 0 Å². The van der Waals surface area contributed by atoms with Crippen LogP contribution in [0.3, 0.4) is 0 Å². The standard InChI is InChI=1S/C24H30N3O2S/c25-22-6-5-19(24-4-2-16-30-24)17-23(22)27(18-21-3-1-13-29-21)11-7-20(8-12-27)26-9-14-28-15-10-26/h1-6,13,16-17,20H,7-12,14-15,18,25H2/q+1. The van der Waals surface area contributed by atoms with Crippen molar-refractivity contribution in [1.82, 2.24) is 9.38 Å². The minimum Gasteiger partial charge on any atom is -0.463 e. The van der Waals surface area contributed by atoms with E-state index in [1.165, 1.54) is 29.0 Å². The maximum absolute atomic E-state index is 6.60. The SMILES string of the molecule is Nc1ccc(-c2cccs2)cc1[N+]1(Cc2ccco2)CCC(N2CCOCC2)CC1. The summed E-state index contributed by atoms with van der Waals surface area (Å²) in [5, 5.41) is 2.13. The van der Waals surface area contributed by atoms with Crippen LogP contribution in [0, 0.1) is 0 Å². The van der Waals surface area contributed by atoms with Crippen LogP contribution in [0.15, 0.2) is 58.5 Å². The van der Waals surface area contributed by atoms with Gasteiger partial charge in [0, 0.05) is 42.9 Å². The van der Waals surface area contributed by atoms with Gasteiger partial charge in [-0.05, 0) is 35.2 Å². The molecule has 0 atom stereocenters. The normalized spacial score (nSPS) is 25.4. The lowest BCUT2D eigenvalue weighted by molar-refractivity contribution is 0.000493. The topological polar surface area (TPSA) is 51.6 Å². The molecule has 0 radical (unpaired) electrons. The third kappa shape index (κ3) is 3.93. The molecule has 0 spiro atoms. The van der Waals surface area contributed by atoms with E-state index in [0.29, 0.717) is 6.04 Å². The zero-order chi connectivity index (χ0) is 20.4. The number of likely N-dealkylation sites (tertiary alicyclic amines) is 1. The highest BCUT2D eigenvalue weighted by atomic mass is 32.1. The van der Waals surface area contributed by atoms with Gasteiger partial charge in [-0.15, -0.1) is 11.3 Å². The van der Waals surface area contributed by atoms with E-state index < -0.39 is 0 Å². The quantitative estimate of drug-likeness (QED) is 0.481. The van der Waals surface area contributed by atoms with Gasteiger partial charge in [0.05, 0.1) is 38.3 Å². The third-order valence-electron chi connectivity index (χ3n) is 6.73. The summed E-state index contributed by atoms with van der Waals surface area (Å²) in [7, 11) is 0. The molecule has 1 aromatic carbocycles. The number of nitrogens with two attached hydrogens (primary N) is 1. The lowest BCUT2D eigenvalue weighted by Gasteiger charge is -2.46. The number of morpholine rings is 1. The highest BCUT2D eigenvalue weighted by Gasteiger charge is 2.40. The van der Waals surface area contributed by atoms with Crippen LogP contribution in [0.1, 0.15) is 18.6 Å². The maximum Gasteiger partial charge on any atom is 0.158 e. The van der Waals surface area contributed by atoms with Crippen molar-refractivity contribution in [2.75, 3.05) is 45.1 Å². The van der Waals surface area contributed by atoms with Crippen molar-refractivity contribution in [2.45, 2.75) is 25.4 Å². The number of nitrogen functional groups attached to an aromatic ring is 1. The molecule has 2 saturated heterocycles. The highest BCUT2D eigenvalue weighted by Crippen LogP contribution is 2.40. The summed E-state index contributed by atoms with van der Waals surface area (Å²) >= 11 is 1.78. The first-order valence-corrected chi connectivity index (χ1v) is 11.8. The van der Waals surface area contributed by atoms with Gasteiger partial charge in [0.1, 0.15) is 6.54 Å². The summed E-state index contributed by atoms with van der Waals surface area (Å²) in [6.45, 7) is 6.82. The predicted molar refractivity (Wildman–Crippen MR) is 124 cm³/mol. The van der Waals surface area contributed by atoms with Crippen molar-refractivity contribution in [3.63, 3.8) is 0 Å². The number of anilines is 1. The molecule has 2 aliphatic rings. The van der Waals surface area contributed by atoms with E-state index in [9.17, 15) is 0 Å². The number of thiophene rings is 1. The Morgan fingerprint density at radius 1 is 1.07 bits per heavy atom. The van der Waals surface area contributed by atoms with Gasteiger partial charge in [0.2, 0.25) is 0 Å². The van der Waals surface area contributed by atoms with E-state index in [1.54, 1.807) is 17.6 Å². The number of quaternary nitrogens is 1. The molecule has 158 valence electrons. The third-order valence-corrected chi connectivity index (χ3v) is 7.65. The summed E-state index contributed by atoms with van der Waals surface area (Å²) in [5.74, 6) is 1.03. The Morgan fingerprint density at radius 2 is 1.90 bits per heavy atom. The van der Waals surface area contributed by atoms with Crippen LogP contribution in [0.2, 0.25) is 0 Å². The first-order chi connectivity index (χ1) is 14.7. The summed E-state index contributed by atoms with van der Waals surface area (Å²) in [6, 6.07) is 15.6. The number of ether oxygens (including phenoxy) is 1. The molecule has 5 rings (SSSR count). The van der Waals surface area contributed by atoms with Gasteiger partial charge in [0.15, 0.2) is 11.4 Å². The molecular weight excluding hydrogens is 394 g/mol. The van der Waals surface area contributed by atoms with E-state index >= 15 is 0 Å². The molecular formula is C24H30N3O2S+. The van der Waals surface area contributed by atoms with E-state index in [0.717, 1.165) is 61.9 Å². The Labute approximate surface area is 182 Å². The van der Waals surface area contributed by atoms with Gasteiger partial charge >= 0.3 is 0 Å². The number of hydrogen-bond acceptors (Lipinski definition) is 5. The first-order valence-electron chi connectivity index (χ1n) is 10.9. The van der Waals surface area contributed by atoms with Gasteiger partial charge in [-0.25, -0.2) is 0 Å². The van der Waals surface area contributed by atoms with E-state index in [2.05, 4.69) is 46.7 Å². The highest BCUT2D eigenvalue weighted by molar-refractivity contribution is 7.13. The fourth-order valence-corrected chi connectivity index (χ4v) is 5.82. The van der Waals surface area contributed by atoms with Crippen LogP contribution in [-0.4, -0.2) is 50.3 Å². The second kappa shape index (κ2) is 8.55. The second-order valence-corrected chi connectivity index (χ2v) is 9.41. The van der Waals surface area contributed by atoms with Gasteiger partial charge < -0.3 is 14.9 Å². The summed E-state index contributed by atoms with van der Waals surface area (Å²) in [6.07, 6.45) is 4.12. The number of rotatable bonds is 5. The van der Waals surface area contributed by atoms with Crippen molar-refractivity contribution in [2.24, 2.45) is 0 Å². The molecule has 0 bridgehead atoms. The summed E-state index contributed by atoms with van der Waals surface area (Å²) in [4.78, 5) is 3.91. The van der Waals surface area contributed by atoms with Crippen LogP contribution in [-0.2, 0) is 11.3 Å². The van der Waals surface area contributed by atoms with Crippen molar-refractivity contribution < 1.29 is 9.15 Å². The Kier molecular flexibility index (Phi) is 5.65. The molecule has 2 fully saturated rings. The number of furan rings is 1. The number of nitrogens with zero attached hydrogens (tertiary/aromatic N) is 2. The molecule has 30 heavy (non-hydrogen) atoms. The minimum absolute atomic E-state index is 0.637. The average Bonchev–Trinajstić information content (AvgIpc) is 3.50. The Balaban J connectivity index is 1.46. The van der Waals surface area contributed by atoms with E-state index in [1.807, 2.05) is 6.07 Å². The van der Waals surface area contributed by atoms with Crippen LogP contribution < -0.4 is 10.2 Å². The number of piperidine rings is 1. The Bertz CT molecular complexity index is 941. The first kappa shape index (κ1) is 19.8. The van der Waals surface area contributed by atoms with Crippen LogP contribution in [0.4, 0.5) is 11.4 Å². The maximum atomic E-state index is 6.60. The molecule has 2 N–H and O–H groups in total. The number of benzene rings is 1. The monoisotopic (exact) mass is 424 g/mol. The Morgan fingerprint density at radius 3 is 2.60 bits per heavy atom. The van der Waals surface area contributed by atoms with Crippen molar-refractivity contribution in [1.29, 1.82) is 0 Å². The largest absolute Gasteiger partial charge is 0.463 e. The molecule has 0 unspecified atom stereocenters. The lowest BCUT2D eigenvalue weighted by Crippen LogP contribution is -2.58. The fraction of sp³-hybridized carbons (Fsp3) is 0.417. The zero-order valence-corrected chi connectivity index (χ0v) is 18.2. The fourth-order valence-electron chi connectivity index (χ4n) is 5.09. The molecule has 4 heterocycles. The van der Waals surface area contributed by atoms with E-state index in [4.69, 9.17) is 14.9 Å².